The summed E-state index contributed by atoms with van der Waals surface area (Å²) in [6, 6.07) is 52.1. The second-order valence-corrected chi connectivity index (χ2v) is 22.0. The third kappa shape index (κ3) is 5.29. The molecule has 0 saturated heterocycles. The number of benzene rings is 8. The molecule has 0 bridgehead atoms. The molecule has 4 heteroatoms. The molecule has 0 unspecified atom stereocenters. The first-order chi connectivity index (χ1) is 33.7. The molecule has 0 atom stereocenters. The third-order valence-corrected chi connectivity index (χ3v) is 16.8. The fraction of sp³-hybridized carbons (Fsp3) is 0.197. The highest BCUT2D eigenvalue weighted by Gasteiger charge is 2.50. The van der Waals surface area contributed by atoms with Crippen molar-refractivity contribution in [2.45, 2.75) is 85.2 Å². The highest BCUT2D eigenvalue weighted by atomic mass is 16.5. The van der Waals surface area contributed by atoms with Crippen molar-refractivity contribution in [1.29, 1.82) is 0 Å². The molecular weight excluding hydrogens is 853 g/mol. The van der Waals surface area contributed by atoms with Gasteiger partial charge in [0.05, 0.1) is 5.69 Å². The fourth-order valence-corrected chi connectivity index (χ4v) is 13.8. The zero-order valence-corrected chi connectivity index (χ0v) is 41.4. The maximum absolute atomic E-state index is 6.80. The SMILES string of the molecule is Cc1cc(C)c(N(c2ccc3c(c2)C(C)(C)c2cc(-c4ccncc4)c4oc5ccccc5c4c2-3)c2ccc3c(c2)C(C)(C)c2c-3c3c(c4c2C(C)(C)c2ccccc2-4)-c2ccccc2OC3)c(C)c1. The summed E-state index contributed by atoms with van der Waals surface area (Å²) in [7, 11) is 0. The van der Waals surface area contributed by atoms with Crippen molar-refractivity contribution >= 4 is 39.0 Å². The number of pyridine rings is 1. The summed E-state index contributed by atoms with van der Waals surface area (Å²) in [4.78, 5) is 6.92. The van der Waals surface area contributed by atoms with Crippen LogP contribution in [0.15, 0.2) is 156 Å². The van der Waals surface area contributed by atoms with E-state index in [1.807, 2.05) is 12.4 Å². The Morgan fingerprint density at radius 3 is 1.84 bits per heavy atom. The second-order valence-electron chi connectivity index (χ2n) is 22.0. The van der Waals surface area contributed by atoms with Crippen molar-refractivity contribution in [3.05, 3.63) is 208 Å². The molecule has 10 aromatic rings. The first kappa shape index (κ1) is 41.3. The van der Waals surface area contributed by atoms with Crippen molar-refractivity contribution < 1.29 is 9.15 Å². The Hall–Kier alpha value is -7.69. The lowest BCUT2D eigenvalue weighted by Crippen LogP contribution is -2.25. The molecule has 340 valence electrons. The summed E-state index contributed by atoms with van der Waals surface area (Å²) >= 11 is 0. The molecule has 70 heavy (non-hydrogen) atoms. The molecule has 0 fully saturated rings. The van der Waals surface area contributed by atoms with Gasteiger partial charge in [0.15, 0.2) is 0 Å². The zero-order valence-electron chi connectivity index (χ0n) is 41.4. The minimum atomic E-state index is -0.315. The maximum Gasteiger partial charge on any atom is 0.143 e. The van der Waals surface area contributed by atoms with Crippen molar-refractivity contribution in [3.63, 3.8) is 0 Å². The molecule has 0 radical (unpaired) electrons. The summed E-state index contributed by atoms with van der Waals surface area (Å²) < 4.78 is 13.5. The van der Waals surface area contributed by atoms with Crippen LogP contribution in [0.3, 0.4) is 0 Å². The largest absolute Gasteiger partial charge is 0.488 e. The predicted molar refractivity (Wildman–Crippen MR) is 288 cm³/mol. The quantitative estimate of drug-likeness (QED) is 0.176. The van der Waals surface area contributed by atoms with Crippen LogP contribution < -0.4 is 9.64 Å². The lowest BCUT2D eigenvalue weighted by Gasteiger charge is -2.34. The Labute approximate surface area is 410 Å². The van der Waals surface area contributed by atoms with Crippen molar-refractivity contribution in [3.8, 4) is 61.4 Å². The van der Waals surface area contributed by atoms with Crippen LogP contribution in [-0.2, 0) is 22.9 Å². The van der Waals surface area contributed by atoms with Gasteiger partial charge in [0.1, 0.15) is 23.5 Å². The van der Waals surface area contributed by atoms with Gasteiger partial charge in [-0.3, -0.25) is 4.98 Å². The van der Waals surface area contributed by atoms with Gasteiger partial charge in [-0.15, -0.1) is 0 Å². The van der Waals surface area contributed by atoms with E-state index in [2.05, 4.69) is 212 Å². The smallest absolute Gasteiger partial charge is 0.143 e. The van der Waals surface area contributed by atoms with Gasteiger partial charge in [-0.1, -0.05) is 132 Å². The van der Waals surface area contributed by atoms with E-state index < -0.39 is 0 Å². The summed E-state index contributed by atoms with van der Waals surface area (Å²) in [5.41, 5.74) is 30.5. The number of ether oxygens (including phenoxy) is 1. The number of anilines is 3. The average Bonchev–Trinajstić information content (AvgIpc) is 4.00. The average molecular weight is 907 g/mol. The first-order valence-electron chi connectivity index (χ1n) is 24.9. The molecule has 0 saturated carbocycles. The van der Waals surface area contributed by atoms with E-state index in [0.29, 0.717) is 6.61 Å². The van der Waals surface area contributed by atoms with Crippen LogP contribution in [0.5, 0.6) is 5.75 Å². The second kappa shape index (κ2) is 14.0. The van der Waals surface area contributed by atoms with E-state index in [9.17, 15) is 0 Å². The number of nitrogens with zero attached hydrogens (tertiary/aromatic N) is 2. The highest BCUT2D eigenvalue weighted by molar-refractivity contribution is 6.19. The van der Waals surface area contributed by atoms with Crippen LogP contribution in [0.25, 0.3) is 77.6 Å². The van der Waals surface area contributed by atoms with Crippen LogP contribution in [0.2, 0.25) is 0 Å². The van der Waals surface area contributed by atoms with Crippen LogP contribution in [0.4, 0.5) is 17.1 Å². The molecule has 3 heterocycles. The van der Waals surface area contributed by atoms with Gasteiger partial charge in [-0.05, 0) is 159 Å². The van der Waals surface area contributed by atoms with Gasteiger partial charge in [-0.2, -0.15) is 0 Å². The number of hydrogen-bond donors (Lipinski definition) is 0. The number of aromatic nitrogens is 1. The Morgan fingerprint density at radius 1 is 0.500 bits per heavy atom. The maximum atomic E-state index is 6.80. The van der Waals surface area contributed by atoms with Crippen molar-refractivity contribution in [2.75, 3.05) is 4.90 Å². The number of furan rings is 1. The Balaban J connectivity index is 0.995. The normalized spacial score (nSPS) is 15.6. The van der Waals surface area contributed by atoms with Crippen molar-refractivity contribution in [2.24, 2.45) is 0 Å². The lowest BCUT2D eigenvalue weighted by atomic mass is 9.70. The van der Waals surface area contributed by atoms with Crippen molar-refractivity contribution in [1.82, 2.24) is 4.98 Å². The van der Waals surface area contributed by atoms with Gasteiger partial charge >= 0.3 is 0 Å². The minimum Gasteiger partial charge on any atom is -0.488 e. The van der Waals surface area contributed by atoms with E-state index in [1.54, 1.807) is 0 Å². The third-order valence-electron chi connectivity index (χ3n) is 16.8. The first-order valence-corrected chi connectivity index (χ1v) is 24.9. The van der Waals surface area contributed by atoms with Crippen LogP contribution in [0.1, 0.15) is 97.2 Å². The number of aryl methyl sites for hydroxylation is 3. The van der Waals surface area contributed by atoms with Crippen LogP contribution >= 0.6 is 0 Å². The monoisotopic (exact) mass is 906 g/mol. The fourth-order valence-electron chi connectivity index (χ4n) is 13.8. The summed E-state index contributed by atoms with van der Waals surface area (Å²) in [5, 5.41) is 2.32. The molecule has 14 rings (SSSR count). The number of fused-ring (bicyclic) bond motifs is 19. The number of para-hydroxylation sites is 2. The molecule has 0 amide bonds. The summed E-state index contributed by atoms with van der Waals surface area (Å²) in [5.74, 6) is 0.962. The topological polar surface area (TPSA) is 38.5 Å². The zero-order chi connectivity index (χ0) is 47.7. The highest BCUT2D eigenvalue weighted by Crippen LogP contribution is 2.65. The van der Waals surface area contributed by atoms with Crippen LogP contribution in [-0.4, -0.2) is 4.98 Å². The van der Waals surface area contributed by atoms with Gasteiger partial charge in [0.2, 0.25) is 0 Å². The Bertz CT molecular complexity index is 3940. The number of rotatable bonds is 4. The van der Waals surface area contributed by atoms with Crippen LogP contribution in [0, 0.1) is 20.8 Å². The molecule has 4 nitrogen and oxygen atoms in total. The minimum absolute atomic E-state index is 0.204. The van der Waals surface area contributed by atoms with Gasteiger partial charge in [0.25, 0.3) is 0 Å². The standard InChI is InChI=1S/C66H54N2O2/c1-36-30-37(2)62(38(3)31-36)68(40-23-25-44-50(32-40)64(4,5)52-34-47(39-26-28-67-29-27-39)63-59(57(44)52)46-18-12-15-21-54(46)70-63)41-22-24-43-51(33-41)66(8,9)60-56(43)48-35-69-53-20-14-11-17-45(53)55(48)58-42-16-10-13-19-49(42)65(6,7)61(58)60/h10-34H,35H2,1-9H3. The molecular formula is C66H54N2O2. The molecule has 8 aromatic carbocycles. The summed E-state index contributed by atoms with van der Waals surface area (Å²) in [6.07, 6.45) is 3.75. The van der Waals surface area contributed by atoms with Gasteiger partial charge < -0.3 is 14.1 Å². The van der Waals surface area contributed by atoms with Gasteiger partial charge in [-0.25, -0.2) is 0 Å². The van der Waals surface area contributed by atoms with E-state index >= 15 is 0 Å². The summed E-state index contributed by atoms with van der Waals surface area (Å²) in [6.45, 7) is 21.9. The molecule has 3 aliphatic carbocycles. The van der Waals surface area contributed by atoms with Gasteiger partial charge in [0, 0.05) is 73.0 Å². The van der Waals surface area contributed by atoms with E-state index in [0.717, 1.165) is 44.8 Å². The molecule has 4 aliphatic rings. The predicted octanol–water partition coefficient (Wildman–Crippen LogP) is 17.5. The molecule has 0 N–H and O–H groups in total. The number of hydrogen-bond acceptors (Lipinski definition) is 4. The van der Waals surface area contributed by atoms with E-state index in [4.69, 9.17) is 9.15 Å². The van der Waals surface area contributed by atoms with E-state index in [-0.39, 0.29) is 16.2 Å². The Kier molecular flexibility index (Phi) is 8.25. The lowest BCUT2D eigenvalue weighted by molar-refractivity contribution is 0.303. The molecule has 0 spiro atoms. The molecule has 2 aromatic heterocycles. The Morgan fingerprint density at radius 2 is 1.10 bits per heavy atom. The van der Waals surface area contributed by atoms with E-state index in [1.165, 1.54) is 111 Å². The molecule has 1 aliphatic heterocycles.